The Labute approximate surface area is 129 Å². The minimum atomic E-state index is -1.14. The lowest BCUT2D eigenvalue weighted by atomic mass is 9.84. The largest absolute Gasteiger partial charge is 0.497 e. The molecule has 0 aromatic heterocycles. The summed E-state index contributed by atoms with van der Waals surface area (Å²) in [5, 5.41) is 11.6. The van der Waals surface area contributed by atoms with E-state index in [2.05, 4.69) is 6.07 Å². The van der Waals surface area contributed by atoms with Crippen LogP contribution in [-0.4, -0.2) is 12.2 Å². The van der Waals surface area contributed by atoms with Gasteiger partial charge >= 0.3 is 0 Å². The quantitative estimate of drug-likeness (QED) is 0.773. The van der Waals surface area contributed by atoms with Gasteiger partial charge in [-0.25, -0.2) is 0 Å². The van der Waals surface area contributed by atoms with E-state index in [1.54, 1.807) is 7.11 Å². The number of hydrogen-bond acceptors (Lipinski definition) is 2. The third kappa shape index (κ3) is 1.65. The van der Waals surface area contributed by atoms with Crippen LogP contribution in [0, 0.1) is 0 Å². The van der Waals surface area contributed by atoms with Crippen molar-refractivity contribution in [2.24, 2.45) is 0 Å². The number of hydrogen-bond donors (Lipinski definition) is 1. The molecule has 1 unspecified atom stereocenters. The Kier molecular flexibility index (Phi) is 2.81. The molecule has 1 aliphatic rings. The van der Waals surface area contributed by atoms with Crippen LogP contribution in [0.2, 0.25) is 0 Å². The Bertz CT molecular complexity index is 839. The van der Waals surface area contributed by atoms with Gasteiger partial charge in [-0.3, -0.25) is 0 Å². The topological polar surface area (TPSA) is 29.5 Å². The Morgan fingerprint density at radius 1 is 0.773 bits per heavy atom. The van der Waals surface area contributed by atoms with E-state index in [9.17, 15) is 5.11 Å². The van der Waals surface area contributed by atoms with Crippen LogP contribution in [0.1, 0.15) is 16.7 Å². The van der Waals surface area contributed by atoms with Crippen molar-refractivity contribution in [3.63, 3.8) is 0 Å². The average molecular weight is 288 g/mol. The van der Waals surface area contributed by atoms with Crippen LogP contribution < -0.4 is 4.74 Å². The van der Waals surface area contributed by atoms with Gasteiger partial charge in [-0.2, -0.15) is 0 Å². The molecule has 1 atom stereocenters. The molecule has 2 nitrogen and oxygen atoms in total. The average Bonchev–Trinajstić information content (AvgIpc) is 2.86. The third-order valence-electron chi connectivity index (χ3n) is 4.42. The number of fused-ring (bicyclic) bond motifs is 3. The monoisotopic (exact) mass is 288 g/mol. The molecule has 22 heavy (non-hydrogen) atoms. The molecule has 0 spiro atoms. The first-order valence-corrected chi connectivity index (χ1v) is 7.31. The van der Waals surface area contributed by atoms with E-state index in [0.717, 1.165) is 33.6 Å². The standard InChI is InChI=1S/C20H16O2/c1-22-15-11-12-17-16-9-5-6-10-18(16)20(21,19(17)13-15)14-7-3-2-4-8-14/h2-13,21H,1H3. The lowest BCUT2D eigenvalue weighted by molar-refractivity contribution is 0.130. The van der Waals surface area contributed by atoms with Crippen LogP contribution in [0.3, 0.4) is 0 Å². The third-order valence-corrected chi connectivity index (χ3v) is 4.42. The fourth-order valence-corrected chi connectivity index (χ4v) is 3.35. The summed E-state index contributed by atoms with van der Waals surface area (Å²) in [6.07, 6.45) is 0. The van der Waals surface area contributed by atoms with Crippen LogP contribution in [0.15, 0.2) is 72.8 Å². The highest BCUT2D eigenvalue weighted by atomic mass is 16.5. The van der Waals surface area contributed by atoms with E-state index in [1.807, 2.05) is 66.7 Å². The summed E-state index contributed by atoms with van der Waals surface area (Å²) in [6, 6.07) is 23.7. The Morgan fingerprint density at radius 2 is 1.45 bits per heavy atom. The van der Waals surface area contributed by atoms with Gasteiger partial charge in [0.05, 0.1) is 7.11 Å². The van der Waals surface area contributed by atoms with Gasteiger partial charge in [0.25, 0.3) is 0 Å². The van der Waals surface area contributed by atoms with Crippen LogP contribution in [0.25, 0.3) is 11.1 Å². The summed E-state index contributed by atoms with van der Waals surface area (Å²) in [7, 11) is 1.64. The first-order chi connectivity index (χ1) is 10.7. The molecule has 1 aliphatic carbocycles. The molecule has 0 radical (unpaired) electrons. The van der Waals surface area contributed by atoms with E-state index < -0.39 is 5.60 Å². The fourth-order valence-electron chi connectivity index (χ4n) is 3.35. The minimum absolute atomic E-state index is 0.751. The van der Waals surface area contributed by atoms with Gasteiger partial charge in [0.2, 0.25) is 0 Å². The maximum absolute atomic E-state index is 11.6. The number of ether oxygens (including phenoxy) is 1. The highest BCUT2D eigenvalue weighted by Crippen LogP contribution is 2.51. The van der Waals surface area contributed by atoms with Gasteiger partial charge in [0.15, 0.2) is 0 Å². The molecule has 3 aromatic carbocycles. The van der Waals surface area contributed by atoms with E-state index in [0.29, 0.717) is 0 Å². The Morgan fingerprint density at radius 3 is 2.23 bits per heavy atom. The Balaban J connectivity index is 2.07. The summed E-state index contributed by atoms with van der Waals surface area (Å²) in [5.74, 6) is 0.751. The summed E-state index contributed by atoms with van der Waals surface area (Å²) >= 11 is 0. The molecule has 0 fully saturated rings. The first kappa shape index (κ1) is 13.1. The van der Waals surface area contributed by atoms with Crippen molar-refractivity contribution >= 4 is 0 Å². The predicted molar refractivity (Wildman–Crippen MR) is 87.0 cm³/mol. The molecule has 1 N–H and O–H groups in total. The minimum Gasteiger partial charge on any atom is -0.497 e. The second-order valence-corrected chi connectivity index (χ2v) is 5.53. The van der Waals surface area contributed by atoms with Gasteiger partial charge in [-0.15, -0.1) is 0 Å². The second-order valence-electron chi connectivity index (χ2n) is 5.53. The maximum atomic E-state index is 11.6. The molecule has 0 aliphatic heterocycles. The van der Waals surface area contributed by atoms with E-state index in [1.165, 1.54) is 0 Å². The van der Waals surface area contributed by atoms with Crippen LogP contribution in [-0.2, 0) is 5.60 Å². The summed E-state index contributed by atoms with van der Waals surface area (Å²) in [5.41, 5.74) is 3.66. The van der Waals surface area contributed by atoms with E-state index in [4.69, 9.17) is 4.74 Å². The van der Waals surface area contributed by atoms with Crippen molar-refractivity contribution in [1.82, 2.24) is 0 Å². The molecule has 4 rings (SSSR count). The second kappa shape index (κ2) is 4.72. The van der Waals surface area contributed by atoms with Gasteiger partial charge < -0.3 is 9.84 Å². The summed E-state index contributed by atoms with van der Waals surface area (Å²) in [6.45, 7) is 0. The molecule has 2 heteroatoms. The smallest absolute Gasteiger partial charge is 0.141 e. The van der Waals surface area contributed by atoms with Crippen molar-refractivity contribution in [1.29, 1.82) is 0 Å². The number of methoxy groups -OCH3 is 1. The van der Waals surface area contributed by atoms with Crippen LogP contribution >= 0.6 is 0 Å². The Hall–Kier alpha value is -2.58. The molecular weight excluding hydrogens is 272 g/mol. The zero-order valence-electron chi connectivity index (χ0n) is 12.3. The number of aliphatic hydroxyl groups is 1. The van der Waals surface area contributed by atoms with E-state index in [-0.39, 0.29) is 0 Å². The van der Waals surface area contributed by atoms with Crippen molar-refractivity contribution in [2.75, 3.05) is 7.11 Å². The summed E-state index contributed by atoms with van der Waals surface area (Å²) in [4.78, 5) is 0. The SMILES string of the molecule is COc1ccc2c(c1)C(O)(c1ccccc1)c1ccccc1-2. The predicted octanol–water partition coefficient (Wildman–Crippen LogP) is 3.96. The number of benzene rings is 3. The first-order valence-electron chi connectivity index (χ1n) is 7.31. The van der Waals surface area contributed by atoms with Crippen molar-refractivity contribution in [3.05, 3.63) is 89.5 Å². The van der Waals surface area contributed by atoms with Crippen molar-refractivity contribution in [3.8, 4) is 16.9 Å². The molecule has 0 heterocycles. The number of rotatable bonds is 2. The zero-order valence-corrected chi connectivity index (χ0v) is 12.3. The van der Waals surface area contributed by atoms with Gasteiger partial charge in [0.1, 0.15) is 11.4 Å². The van der Waals surface area contributed by atoms with Gasteiger partial charge in [-0.1, -0.05) is 60.7 Å². The highest BCUT2D eigenvalue weighted by molar-refractivity contribution is 5.82. The lowest BCUT2D eigenvalue weighted by Crippen LogP contribution is -2.26. The zero-order chi connectivity index (χ0) is 15.2. The van der Waals surface area contributed by atoms with Crippen molar-refractivity contribution in [2.45, 2.75) is 5.60 Å². The van der Waals surface area contributed by atoms with Crippen molar-refractivity contribution < 1.29 is 9.84 Å². The normalized spacial score (nSPS) is 18.6. The molecular formula is C20H16O2. The van der Waals surface area contributed by atoms with E-state index >= 15 is 0 Å². The van der Waals surface area contributed by atoms with Crippen LogP contribution in [0.5, 0.6) is 5.75 Å². The molecule has 0 amide bonds. The lowest BCUT2D eigenvalue weighted by Gasteiger charge is -2.26. The molecule has 108 valence electrons. The molecule has 0 bridgehead atoms. The maximum Gasteiger partial charge on any atom is 0.141 e. The molecule has 3 aromatic rings. The van der Waals surface area contributed by atoms with Gasteiger partial charge in [-0.05, 0) is 28.8 Å². The highest BCUT2D eigenvalue weighted by Gasteiger charge is 2.43. The molecule has 0 saturated heterocycles. The van der Waals surface area contributed by atoms with Crippen LogP contribution in [0.4, 0.5) is 0 Å². The fraction of sp³-hybridized carbons (Fsp3) is 0.100. The molecule has 0 saturated carbocycles. The van der Waals surface area contributed by atoms with Gasteiger partial charge in [0, 0.05) is 11.1 Å². The summed E-state index contributed by atoms with van der Waals surface area (Å²) < 4.78 is 5.36.